The molecular weight excluding hydrogens is 396 g/mol. The van der Waals surface area contributed by atoms with Crippen LogP contribution in [0.5, 0.6) is 0 Å². The van der Waals surface area contributed by atoms with Gasteiger partial charge >= 0.3 is 0 Å². The van der Waals surface area contributed by atoms with Crippen LogP contribution in [0.3, 0.4) is 0 Å². The van der Waals surface area contributed by atoms with Gasteiger partial charge in [0, 0.05) is 51.1 Å². The number of dihydropyridines is 1. The molecule has 2 aromatic rings. The minimum Gasteiger partial charge on any atom is -0.391 e. The van der Waals surface area contributed by atoms with Crippen LogP contribution in [0.25, 0.3) is 0 Å². The van der Waals surface area contributed by atoms with Crippen molar-refractivity contribution in [3.8, 4) is 0 Å². The number of piperazine rings is 1. The van der Waals surface area contributed by atoms with E-state index in [1.807, 2.05) is 24.6 Å². The SMILES string of the molecule is OC1CC(C(c2ccccn2)N2CCN(Cc3ccccc3)CC2)CCC2C=CC=NC12. The summed E-state index contributed by atoms with van der Waals surface area (Å²) in [6, 6.07) is 17.3. The van der Waals surface area contributed by atoms with Crippen molar-refractivity contribution < 1.29 is 5.11 Å². The topological polar surface area (TPSA) is 52.0 Å². The number of aliphatic hydroxyl groups excluding tert-OH is 1. The summed E-state index contributed by atoms with van der Waals surface area (Å²) in [5.41, 5.74) is 2.52. The second-order valence-corrected chi connectivity index (χ2v) is 9.48. The zero-order valence-electron chi connectivity index (χ0n) is 18.7. The molecule has 1 aromatic heterocycles. The van der Waals surface area contributed by atoms with Gasteiger partial charge in [0.05, 0.1) is 23.9 Å². The van der Waals surface area contributed by atoms with E-state index in [0.29, 0.717) is 11.8 Å². The molecule has 0 amide bonds. The maximum absolute atomic E-state index is 11.1. The van der Waals surface area contributed by atoms with Crippen LogP contribution >= 0.6 is 0 Å². The summed E-state index contributed by atoms with van der Waals surface area (Å²) in [7, 11) is 0. The summed E-state index contributed by atoms with van der Waals surface area (Å²) in [4.78, 5) is 14.6. The Bertz CT molecular complexity index is 908. The first kappa shape index (κ1) is 21.5. The number of nitrogens with zero attached hydrogens (tertiary/aromatic N) is 4. The third kappa shape index (κ3) is 4.85. The van der Waals surface area contributed by atoms with Crippen molar-refractivity contribution in [3.63, 3.8) is 0 Å². The van der Waals surface area contributed by atoms with Crippen molar-refractivity contribution >= 4 is 6.21 Å². The molecule has 5 rings (SSSR count). The predicted octanol–water partition coefficient (Wildman–Crippen LogP) is 3.73. The Balaban J connectivity index is 1.31. The van der Waals surface area contributed by atoms with E-state index in [-0.39, 0.29) is 18.2 Å². The van der Waals surface area contributed by atoms with Gasteiger partial charge in [-0.3, -0.25) is 19.8 Å². The lowest BCUT2D eigenvalue weighted by molar-refractivity contribution is 0.0415. The van der Waals surface area contributed by atoms with E-state index in [4.69, 9.17) is 4.98 Å². The molecule has 3 heterocycles. The van der Waals surface area contributed by atoms with E-state index < -0.39 is 0 Å². The van der Waals surface area contributed by atoms with Crippen LogP contribution in [-0.2, 0) is 6.54 Å². The normalized spacial score (nSPS) is 29.9. The summed E-state index contributed by atoms with van der Waals surface area (Å²) in [6.45, 7) is 5.20. The second kappa shape index (κ2) is 10.1. The third-order valence-corrected chi connectivity index (χ3v) is 7.44. The molecule has 5 atom stereocenters. The molecule has 3 aliphatic rings. The molecule has 32 heavy (non-hydrogen) atoms. The molecule has 0 spiro atoms. The Kier molecular flexibility index (Phi) is 6.77. The first-order valence-electron chi connectivity index (χ1n) is 12.1. The molecule has 2 fully saturated rings. The molecule has 5 heteroatoms. The first-order chi connectivity index (χ1) is 15.8. The zero-order valence-corrected chi connectivity index (χ0v) is 18.7. The molecule has 1 saturated carbocycles. The Hall–Kier alpha value is -2.34. The smallest absolute Gasteiger partial charge is 0.0821 e. The molecule has 1 N–H and O–H groups in total. The molecule has 1 saturated heterocycles. The van der Waals surface area contributed by atoms with Crippen molar-refractivity contribution in [2.75, 3.05) is 26.2 Å². The first-order valence-corrected chi connectivity index (χ1v) is 12.1. The molecule has 2 aliphatic heterocycles. The molecule has 1 aliphatic carbocycles. The van der Waals surface area contributed by atoms with Gasteiger partial charge in [0.15, 0.2) is 0 Å². The van der Waals surface area contributed by atoms with E-state index in [0.717, 1.165) is 57.7 Å². The largest absolute Gasteiger partial charge is 0.391 e. The van der Waals surface area contributed by atoms with Crippen LogP contribution in [0.1, 0.15) is 36.6 Å². The summed E-state index contributed by atoms with van der Waals surface area (Å²) in [5, 5.41) is 11.1. The van der Waals surface area contributed by atoms with Crippen LogP contribution in [0.15, 0.2) is 71.9 Å². The van der Waals surface area contributed by atoms with Gasteiger partial charge < -0.3 is 5.11 Å². The van der Waals surface area contributed by atoms with Crippen molar-refractivity contribution in [3.05, 3.63) is 78.1 Å². The highest BCUT2D eigenvalue weighted by atomic mass is 16.3. The summed E-state index contributed by atoms with van der Waals surface area (Å²) in [5.74, 6) is 0.738. The van der Waals surface area contributed by atoms with Crippen molar-refractivity contribution in [1.29, 1.82) is 0 Å². The van der Waals surface area contributed by atoms with Gasteiger partial charge in [-0.1, -0.05) is 42.5 Å². The van der Waals surface area contributed by atoms with E-state index in [2.05, 4.69) is 63.3 Å². The number of benzene rings is 1. The average Bonchev–Trinajstić information content (AvgIpc) is 3.01. The number of hydrogen-bond donors (Lipinski definition) is 1. The molecule has 5 unspecified atom stereocenters. The summed E-state index contributed by atoms with van der Waals surface area (Å²) >= 11 is 0. The standard InChI is InChI=1S/C27H34N4O/c32-25-19-23(12-11-22-9-6-14-29-26(22)25)27(24-10-4-5-13-28-24)31-17-15-30(16-18-31)20-21-7-2-1-3-8-21/h1-10,13-14,22-23,25-27,32H,11-12,15-20H2. The van der Waals surface area contributed by atoms with E-state index in [1.54, 1.807) is 0 Å². The number of rotatable bonds is 5. The number of aliphatic imine (C=N–C) groups is 1. The van der Waals surface area contributed by atoms with Crippen molar-refractivity contribution in [2.45, 2.75) is 44.0 Å². The van der Waals surface area contributed by atoms with Gasteiger partial charge in [-0.05, 0) is 49.0 Å². The fourth-order valence-corrected chi connectivity index (χ4v) is 5.80. The minimum atomic E-state index is -0.390. The molecular formula is C27H34N4O. The predicted molar refractivity (Wildman–Crippen MR) is 129 cm³/mol. The highest BCUT2D eigenvalue weighted by molar-refractivity contribution is 5.72. The molecule has 168 valence electrons. The van der Waals surface area contributed by atoms with Crippen LogP contribution in [0.2, 0.25) is 0 Å². The van der Waals surface area contributed by atoms with Gasteiger partial charge in [-0.2, -0.15) is 0 Å². The quantitative estimate of drug-likeness (QED) is 0.785. The number of fused-ring (bicyclic) bond motifs is 1. The number of aromatic nitrogens is 1. The van der Waals surface area contributed by atoms with Gasteiger partial charge in [-0.15, -0.1) is 0 Å². The number of aliphatic hydroxyl groups is 1. The number of hydrogen-bond acceptors (Lipinski definition) is 5. The number of pyridine rings is 1. The van der Waals surface area contributed by atoms with E-state index >= 15 is 0 Å². The highest BCUT2D eigenvalue weighted by Crippen LogP contribution is 2.40. The average molecular weight is 431 g/mol. The van der Waals surface area contributed by atoms with Gasteiger partial charge in [0.2, 0.25) is 0 Å². The fourth-order valence-electron chi connectivity index (χ4n) is 5.80. The van der Waals surface area contributed by atoms with Gasteiger partial charge in [0.25, 0.3) is 0 Å². The van der Waals surface area contributed by atoms with Crippen molar-refractivity contribution in [1.82, 2.24) is 14.8 Å². The lowest BCUT2D eigenvalue weighted by atomic mass is 9.87. The Morgan fingerprint density at radius 1 is 0.969 bits per heavy atom. The highest BCUT2D eigenvalue weighted by Gasteiger charge is 2.39. The Morgan fingerprint density at radius 2 is 1.78 bits per heavy atom. The van der Waals surface area contributed by atoms with Gasteiger partial charge in [-0.25, -0.2) is 0 Å². The lowest BCUT2D eigenvalue weighted by Crippen LogP contribution is -2.49. The van der Waals surface area contributed by atoms with Crippen LogP contribution in [-0.4, -0.2) is 64.4 Å². The summed E-state index contributed by atoms with van der Waals surface area (Å²) in [6.07, 6.45) is 10.6. The van der Waals surface area contributed by atoms with Crippen molar-refractivity contribution in [2.24, 2.45) is 16.8 Å². The summed E-state index contributed by atoms with van der Waals surface area (Å²) < 4.78 is 0. The third-order valence-electron chi connectivity index (χ3n) is 7.44. The van der Waals surface area contributed by atoms with Gasteiger partial charge in [0.1, 0.15) is 0 Å². The van der Waals surface area contributed by atoms with Crippen LogP contribution < -0.4 is 0 Å². The fraction of sp³-hybridized carbons (Fsp3) is 0.481. The zero-order chi connectivity index (χ0) is 21.8. The van der Waals surface area contributed by atoms with Crippen LogP contribution in [0, 0.1) is 11.8 Å². The molecule has 0 radical (unpaired) electrons. The van der Waals surface area contributed by atoms with Crippen LogP contribution in [0.4, 0.5) is 0 Å². The Morgan fingerprint density at radius 3 is 2.56 bits per heavy atom. The Labute approximate surface area is 191 Å². The molecule has 1 aromatic carbocycles. The van der Waals surface area contributed by atoms with E-state index in [9.17, 15) is 5.11 Å². The second-order valence-electron chi connectivity index (χ2n) is 9.48. The molecule has 0 bridgehead atoms. The number of allylic oxidation sites excluding steroid dienone is 1. The maximum atomic E-state index is 11.1. The monoisotopic (exact) mass is 430 g/mol. The van der Waals surface area contributed by atoms with E-state index in [1.165, 1.54) is 5.56 Å². The maximum Gasteiger partial charge on any atom is 0.0821 e. The molecule has 5 nitrogen and oxygen atoms in total. The lowest BCUT2D eigenvalue weighted by Gasteiger charge is -2.42. The minimum absolute atomic E-state index is 0.0112.